The van der Waals surface area contributed by atoms with Crippen molar-refractivity contribution in [1.29, 1.82) is 0 Å². The second kappa shape index (κ2) is 10.5. The lowest BCUT2D eigenvalue weighted by molar-refractivity contribution is -0.122. The predicted molar refractivity (Wildman–Crippen MR) is 139 cm³/mol. The van der Waals surface area contributed by atoms with Gasteiger partial charge in [-0.15, -0.1) is 0 Å². The van der Waals surface area contributed by atoms with Crippen molar-refractivity contribution in [2.45, 2.75) is 6.54 Å². The number of hydrogen-bond acceptors (Lipinski definition) is 7. The van der Waals surface area contributed by atoms with Gasteiger partial charge in [-0.25, -0.2) is 9.79 Å². The van der Waals surface area contributed by atoms with Crippen molar-refractivity contribution in [3.05, 3.63) is 113 Å². The molecule has 0 N–H and O–H groups in total. The molecule has 0 unspecified atom stereocenters. The molecule has 0 saturated carbocycles. The lowest BCUT2D eigenvalue weighted by Crippen LogP contribution is -2.28. The first kappa shape index (κ1) is 23.3. The highest BCUT2D eigenvalue weighted by Crippen LogP contribution is 2.36. The van der Waals surface area contributed by atoms with Gasteiger partial charge in [0, 0.05) is 24.0 Å². The molecular weight excluding hydrogens is 474 g/mol. The molecule has 4 aromatic rings. The fourth-order valence-corrected chi connectivity index (χ4v) is 4.63. The Morgan fingerprint density at radius 2 is 1.94 bits per heavy atom. The van der Waals surface area contributed by atoms with Gasteiger partial charge in [0.1, 0.15) is 11.5 Å². The van der Waals surface area contributed by atoms with Crippen LogP contribution in [0.4, 0.5) is 5.69 Å². The zero-order chi connectivity index (χ0) is 24.9. The van der Waals surface area contributed by atoms with Crippen LogP contribution < -0.4 is 0 Å². The molecule has 178 valence electrons. The highest BCUT2D eigenvalue weighted by molar-refractivity contribution is 8.18. The first-order valence-electron chi connectivity index (χ1n) is 11.1. The molecule has 3 heterocycles. The minimum Gasteiger partial charge on any atom is -0.465 e. The Bertz CT molecular complexity index is 1460. The van der Waals surface area contributed by atoms with Gasteiger partial charge >= 0.3 is 5.97 Å². The maximum Gasteiger partial charge on any atom is 0.337 e. The van der Waals surface area contributed by atoms with Gasteiger partial charge in [0.05, 0.1) is 29.8 Å². The number of aliphatic imine (C=N–C) groups is 1. The van der Waals surface area contributed by atoms with E-state index in [2.05, 4.69) is 4.98 Å². The smallest absolute Gasteiger partial charge is 0.337 e. The minimum absolute atomic E-state index is 0.163. The number of esters is 1. The van der Waals surface area contributed by atoms with E-state index >= 15 is 0 Å². The molecule has 2 aromatic carbocycles. The van der Waals surface area contributed by atoms with Gasteiger partial charge in [-0.05, 0) is 59.8 Å². The summed E-state index contributed by atoms with van der Waals surface area (Å²) in [6.45, 7) is 0.354. The van der Waals surface area contributed by atoms with Gasteiger partial charge in [-0.1, -0.05) is 36.4 Å². The van der Waals surface area contributed by atoms with Gasteiger partial charge in [0.15, 0.2) is 5.17 Å². The monoisotopic (exact) mass is 495 g/mol. The summed E-state index contributed by atoms with van der Waals surface area (Å²) in [4.78, 5) is 36.3. The quantitative estimate of drug-likeness (QED) is 0.243. The summed E-state index contributed by atoms with van der Waals surface area (Å²) < 4.78 is 10.8. The second-order valence-electron chi connectivity index (χ2n) is 7.87. The largest absolute Gasteiger partial charge is 0.465 e. The number of methoxy groups -OCH3 is 1. The molecule has 0 atom stereocenters. The van der Waals surface area contributed by atoms with E-state index in [4.69, 9.17) is 14.1 Å². The molecule has 36 heavy (non-hydrogen) atoms. The summed E-state index contributed by atoms with van der Waals surface area (Å²) in [5.41, 5.74) is 2.83. The van der Waals surface area contributed by atoms with Crippen LogP contribution in [0.1, 0.15) is 21.7 Å². The molecule has 0 radical (unpaired) electrons. The molecule has 1 fully saturated rings. The van der Waals surface area contributed by atoms with Crippen molar-refractivity contribution in [2.24, 2.45) is 4.99 Å². The van der Waals surface area contributed by atoms with Crippen molar-refractivity contribution in [3.63, 3.8) is 0 Å². The van der Waals surface area contributed by atoms with Crippen molar-refractivity contribution in [3.8, 4) is 11.3 Å². The average molecular weight is 496 g/mol. The van der Waals surface area contributed by atoms with Gasteiger partial charge in [-0.3, -0.25) is 14.7 Å². The van der Waals surface area contributed by atoms with Crippen LogP contribution in [0, 0.1) is 0 Å². The van der Waals surface area contributed by atoms with Crippen LogP contribution >= 0.6 is 11.8 Å². The van der Waals surface area contributed by atoms with Crippen LogP contribution in [0.15, 0.2) is 106 Å². The summed E-state index contributed by atoms with van der Waals surface area (Å²) >= 11 is 1.30. The van der Waals surface area contributed by atoms with E-state index in [1.807, 2.05) is 48.5 Å². The number of amidine groups is 1. The number of nitrogens with zero attached hydrogens (tertiary/aromatic N) is 3. The zero-order valence-corrected chi connectivity index (χ0v) is 20.1. The summed E-state index contributed by atoms with van der Waals surface area (Å²) in [6.07, 6.45) is 5.15. The first-order valence-corrected chi connectivity index (χ1v) is 11.9. The van der Waals surface area contributed by atoms with Crippen molar-refractivity contribution in [1.82, 2.24) is 9.88 Å². The SMILES string of the molecule is COC(=O)c1cccc(-c2ccc(/C=C3\SC(=Nc4ccccc4)N(Cc4cccnc4)C3=O)o2)c1. The Balaban J connectivity index is 1.44. The Kier molecular flexibility index (Phi) is 6.77. The lowest BCUT2D eigenvalue weighted by atomic mass is 10.1. The van der Waals surface area contributed by atoms with Crippen LogP contribution in [0.3, 0.4) is 0 Å². The summed E-state index contributed by atoms with van der Waals surface area (Å²) in [5, 5.41) is 0.582. The summed E-state index contributed by atoms with van der Waals surface area (Å²) in [7, 11) is 1.34. The first-order chi connectivity index (χ1) is 17.6. The molecule has 0 spiro atoms. The third-order valence-electron chi connectivity index (χ3n) is 5.40. The minimum atomic E-state index is -0.419. The van der Waals surface area contributed by atoms with E-state index in [9.17, 15) is 9.59 Å². The highest BCUT2D eigenvalue weighted by Gasteiger charge is 2.34. The molecule has 8 heteroatoms. The maximum atomic E-state index is 13.4. The Labute approximate surface area is 212 Å². The Morgan fingerprint density at radius 3 is 2.72 bits per heavy atom. The number of pyridine rings is 1. The van der Waals surface area contributed by atoms with Crippen molar-refractivity contribution in [2.75, 3.05) is 7.11 Å². The number of benzene rings is 2. The van der Waals surface area contributed by atoms with Crippen LogP contribution in [-0.4, -0.2) is 34.0 Å². The number of para-hydroxylation sites is 1. The molecule has 2 aromatic heterocycles. The van der Waals surface area contributed by atoms with E-state index in [-0.39, 0.29) is 5.91 Å². The van der Waals surface area contributed by atoms with Crippen LogP contribution in [-0.2, 0) is 16.1 Å². The van der Waals surface area contributed by atoms with E-state index in [1.165, 1.54) is 18.9 Å². The second-order valence-corrected chi connectivity index (χ2v) is 8.88. The number of rotatable bonds is 6. The van der Waals surface area contributed by atoms with Gasteiger partial charge < -0.3 is 9.15 Å². The van der Waals surface area contributed by atoms with E-state index < -0.39 is 5.97 Å². The number of carbonyl (C=O) groups is 2. The number of amides is 1. The van der Waals surface area contributed by atoms with Crippen molar-refractivity contribution >= 4 is 40.6 Å². The number of carbonyl (C=O) groups excluding carboxylic acids is 2. The van der Waals surface area contributed by atoms with Crippen molar-refractivity contribution < 1.29 is 18.7 Å². The molecule has 0 aliphatic carbocycles. The fraction of sp³-hybridized carbons (Fsp3) is 0.0714. The number of aromatic nitrogens is 1. The Hall–Kier alpha value is -4.43. The van der Waals surface area contributed by atoms with E-state index in [0.29, 0.717) is 33.7 Å². The molecule has 0 bridgehead atoms. The standard InChI is InChI=1S/C28H21N3O4S/c1-34-27(33)21-9-5-8-20(15-21)24-13-12-23(35-24)16-25-26(32)31(18-19-7-6-14-29-17-19)28(36-25)30-22-10-3-2-4-11-22/h2-17H,18H2,1H3/b25-16-,30-28?. The highest BCUT2D eigenvalue weighted by atomic mass is 32.2. The molecule has 1 aliphatic rings. The van der Waals surface area contributed by atoms with Gasteiger partial charge in [-0.2, -0.15) is 0 Å². The average Bonchev–Trinajstić information content (AvgIpc) is 3.50. The van der Waals surface area contributed by atoms with Gasteiger partial charge in [0.25, 0.3) is 5.91 Å². The number of hydrogen-bond donors (Lipinski definition) is 0. The van der Waals surface area contributed by atoms with E-state index in [1.54, 1.807) is 53.7 Å². The molecule has 1 aliphatic heterocycles. The molecule has 7 nitrogen and oxygen atoms in total. The van der Waals surface area contributed by atoms with Gasteiger partial charge in [0.2, 0.25) is 0 Å². The summed E-state index contributed by atoms with van der Waals surface area (Å²) in [6, 6.07) is 23.9. The topological polar surface area (TPSA) is 85.0 Å². The zero-order valence-electron chi connectivity index (χ0n) is 19.3. The Morgan fingerprint density at radius 1 is 1.08 bits per heavy atom. The predicted octanol–water partition coefficient (Wildman–Crippen LogP) is 5.93. The maximum absolute atomic E-state index is 13.4. The lowest BCUT2D eigenvalue weighted by Gasteiger charge is -2.15. The normalized spacial score (nSPS) is 15.6. The molecule has 1 saturated heterocycles. The fourth-order valence-electron chi connectivity index (χ4n) is 3.65. The molecular formula is C28H21N3O4S. The van der Waals surface area contributed by atoms with Crippen LogP contribution in [0.5, 0.6) is 0 Å². The molecule has 5 rings (SSSR count). The third-order valence-corrected chi connectivity index (χ3v) is 6.41. The number of furan rings is 1. The van der Waals surface area contributed by atoms with E-state index in [0.717, 1.165) is 16.8 Å². The summed E-state index contributed by atoms with van der Waals surface area (Å²) in [5.74, 6) is 0.516. The van der Waals surface area contributed by atoms with Crippen LogP contribution in [0.25, 0.3) is 17.4 Å². The number of ether oxygens (including phenoxy) is 1. The molecule has 1 amide bonds. The third kappa shape index (κ3) is 5.13. The van der Waals surface area contributed by atoms with Crippen LogP contribution in [0.2, 0.25) is 0 Å². The number of thioether (sulfide) groups is 1.